The summed E-state index contributed by atoms with van der Waals surface area (Å²) in [6.07, 6.45) is 2.77. The largest absolute Gasteiger partial charge is 0.493 e. The van der Waals surface area contributed by atoms with Crippen LogP contribution in [0, 0.1) is 0 Å². The van der Waals surface area contributed by atoms with Gasteiger partial charge in [-0.2, -0.15) is 0 Å². The predicted octanol–water partition coefficient (Wildman–Crippen LogP) is 1.93. The van der Waals surface area contributed by atoms with E-state index in [1.165, 1.54) is 0 Å². The summed E-state index contributed by atoms with van der Waals surface area (Å²) >= 11 is 0. The highest BCUT2D eigenvalue weighted by molar-refractivity contribution is 5.79. The summed E-state index contributed by atoms with van der Waals surface area (Å²) in [5.41, 5.74) is 0.492. The van der Waals surface area contributed by atoms with Crippen LogP contribution in [-0.2, 0) is 4.79 Å². The summed E-state index contributed by atoms with van der Waals surface area (Å²) in [4.78, 5) is 10.4. The molecule has 0 N–H and O–H groups in total. The Morgan fingerprint density at radius 3 is 2.83 bits per heavy atom. The third-order valence-corrected chi connectivity index (χ3v) is 1.46. The molecular weight excluding hydrogens is 152 g/mol. The molecule has 0 saturated heterocycles. The van der Waals surface area contributed by atoms with Crippen molar-refractivity contribution in [1.29, 1.82) is 0 Å². The number of para-hydroxylation sites is 1. The minimum absolute atomic E-state index is 0.492. The fraction of sp³-hybridized carbons (Fsp3) is 0.300. The summed E-state index contributed by atoms with van der Waals surface area (Å²) in [5, 5.41) is 0. The Morgan fingerprint density at radius 2 is 2.17 bits per heavy atom. The summed E-state index contributed by atoms with van der Waals surface area (Å²) in [6.45, 7) is 2.66. The molecule has 0 saturated carbocycles. The van der Waals surface area contributed by atoms with Crippen LogP contribution in [0.5, 0.6) is 5.75 Å². The molecule has 0 aliphatic rings. The summed E-state index contributed by atoms with van der Waals surface area (Å²) in [5.74, 6) is 0.620. The van der Waals surface area contributed by atoms with Crippen molar-refractivity contribution in [2.45, 2.75) is 13.3 Å². The molecule has 1 aromatic carbocycles. The molecule has 0 aliphatic heterocycles. The molecule has 1 radical (unpaired) electrons. The topological polar surface area (TPSA) is 26.3 Å². The molecule has 63 valence electrons. The molecule has 0 unspecified atom stereocenters. The maximum atomic E-state index is 10.4. The van der Waals surface area contributed by atoms with Crippen molar-refractivity contribution in [1.82, 2.24) is 0 Å². The number of ether oxygens (including phenoxy) is 1. The smallest absolute Gasteiger partial charge is 0.237 e. The van der Waals surface area contributed by atoms with Gasteiger partial charge in [-0.1, -0.05) is 19.1 Å². The lowest BCUT2D eigenvalue weighted by atomic mass is 10.2. The number of hydrogen-bond donors (Lipinski definition) is 0. The number of benzene rings is 1. The van der Waals surface area contributed by atoms with Gasteiger partial charge in [-0.25, -0.2) is 0 Å². The Balaban J connectivity index is 2.75. The second-order valence-electron chi connectivity index (χ2n) is 2.45. The number of carbonyl (C=O) groups excluding carboxylic acids is 1. The van der Waals surface area contributed by atoms with Crippen molar-refractivity contribution in [3.63, 3.8) is 0 Å². The van der Waals surface area contributed by atoms with Gasteiger partial charge in [0.05, 0.1) is 12.2 Å². The lowest BCUT2D eigenvalue weighted by Gasteiger charge is -2.05. The molecule has 0 bridgehead atoms. The molecule has 1 aromatic rings. The van der Waals surface area contributed by atoms with Gasteiger partial charge in [0.25, 0.3) is 0 Å². The number of hydrogen-bond acceptors (Lipinski definition) is 2. The van der Waals surface area contributed by atoms with Crippen molar-refractivity contribution < 1.29 is 9.53 Å². The standard InChI is InChI=1S/C10H11O2/c1-2-7-12-10-6-4-3-5-9(10)8-11/h3-6H,2,7H2,1H3. The molecule has 0 aromatic heterocycles. The van der Waals surface area contributed by atoms with Crippen molar-refractivity contribution in [2.24, 2.45) is 0 Å². The van der Waals surface area contributed by atoms with E-state index in [-0.39, 0.29) is 0 Å². The summed E-state index contributed by atoms with van der Waals surface area (Å²) in [6, 6.07) is 7.10. The average molecular weight is 163 g/mol. The second kappa shape index (κ2) is 4.54. The normalized spacial score (nSPS) is 9.42. The Morgan fingerprint density at radius 1 is 1.42 bits per heavy atom. The van der Waals surface area contributed by atoms with E-state index in [9.17, 15) is 4.79 Å². The van der Waals surface area contributed by atoms with Gasteiger partial charge >= 0.3 is 0 Å². The molecule has 0 aliphatic carbocycles. The van der Waals surface area contributed by atoms with Gasteiger partial charge in [0.15, 0.2) is 0 Å². The van der Waals surface area contributed by atoms with Crippen LogP contribution in [0.15, 0.2) is 24.3 Å². The van der Waals surface area contributed by atoms with Crippen LogP contribution in [0.3, 0.4) is 0 Å². The average Bonchev–Trinajstić information content (AvgIpc) is 2.15. The van der Waals surface area contributed by atoms with Gasteiger partial charge in [-0.15, -0.1) is 0 Å². The van der Waals surface area contributed by atoms with E-state index in [1.807, 2.05) is 19.3 Å². The van der Waals surface area contributed by atoms with Crippen LogP contribution < -0.4 is 4.74 Å². The van der Waals surface area contributed by atoms with Gasteiger partial charge in [-0.3, -0.25) is 4.79 Å². The molecule has 0 heterocycles. The maximum absolute atomic E-state index is 10.4. The van der Waals surface area contributed by atoms with Crippen molar-refractivity contribution in [3.05, 3.63) is 29.8 Å². The Kier molecular flexibility index (Phi) is 3.33. The van der Waals surface area contributed by atoms with Crippen LogP contribution in [0.4, 0.5) is 0 Å². The van der Waals surface area contributed by atoms with Crippen LogP contribution in [0.1, 0.15) is 18.9 Å². The van der Waals surface area contributed by atoms with Crippen LogP contribution in [-0.4, -0.2) is 12.9 Å². The zero-order valence-electron chi connectivity index (χ0n) is 7.04. The molecule has 0 amide bonds. The Bertz CT molecular complexity index is 256. The third-order valence-electron chi connectivity index (χ3n) is 1.46. The monoisotopic (exact) mass is 163 g/mol. The molecule has 0 spiro atoms. The zero-order chi connectivity index (χ0) is 8.81. The summed E-state index contributed by atoms with van der Waals surface area (Å²) in [7, 11) is 0. The second-order valence-corrected chi connectivity index (χ2v) is 2.45. The van der Waals surface area contributed by atoms with Gasteiger partial charge in [-0.05, 0) is 18.6 Å². The highest BCUT2D eigenvalue weighted by Crippen LogP contribution is 2.15. The van der Waals surface area contributed by atoms with Crippen LogP contribution in [0.25, 0.3) is 0 Å². The van der Waals surface area contributed by atoms with E-state index in [0.29, 0.717) is 17.9 Å². The molecular formula is C10H11O2. The number of rotatable bonds is 4. The Labute approximate surface area is 72.2 Å². The molecule has 1 rings (SSSR count). The van der Waals surface area contributed by atoms with E-state index in [1.54, 1.807) is 18.2 Å². The highest BCUT2D eigenvalue weighted by Gasteiger charge is 2.00. The zero-order valence-corrected chi connectivity index (χ0v) is 7.04. The molecule has 2 nitrogen and oxygen atoms in total. The Hall–Kier alpha value is -1.31. The van der Waals surface area contributed by atoms with E-state index < -0.39 is 0 Å². The van der Waals surface area contributed by atoms with Crippen molar-refractivity contribution >= 4 is 6.29 Å². The first kappa shape index (κ1) is 8.78. The van der Waals surface area contributed by atoms with E-state index in [2.05, 4.69) is 0 Å². The summed E-state index contributed by atoms with van der Waals surface area (Å²) < 4.78 is 5.31. The van der Waals surface area contributed by atoms with Crippen molar-refractivity contribution in [3.8, 4) is 5.75 Å². The lowest BCUT2D eigenvalue weighted by Crippen LogP contribution is -1.97. The minimum atomic E-state index is 0.492. The van der Waals surface area contributed by atoms with Gasteiger partial charge < -0.3 is 4.74 Å². The molecule has 2 heteroatoms. The lowest BCUT2D eigenvalue weighted by molar-refractivity contribution is 0.316. The van der Waals surface area contributed by atoms with E-state index in [0.717, 1.165) is 6.42 Å². The van der Waals surface area contributed by atoms with E-state index >= 15 is 0 Å². The quantitative estimate of drug-likeness (QED) is 0.678. The predicted molar refractivity (Wildman–Crippen MR) is 47.0 cm³/mol. The first-order valence-electron chi connectivity index (χ1n) is 3.98. The fourth-order valence-corrected chi connectivity index (χ4v) is 0.889. The third kappa shape index (κ3) is 2.09. The minimum Gasteiger partial charge on any atom is -0.493 e. The first-order valence-corrected chi connectivity index (χ1v) is 3.98. The molecule has 0 fully saturated rings. The van der Waals surface area contributed by atoms with Crippen LogP contribution >= 0.6 is 0 Å². The SMILES string of the molecule is CCCOc1ccccc1[C]=O. The molecule has 12 heavy (non-hydrogen) atoms. The molecule has 0 atom stereocenters. The maximum Gasteiger partial charge on any atom is 0.237 e. The first-order chi connectivity index (χ1) is 5.88. The highest BCUT2D eigenvalue weighted by atomic mass is 16.5. The van der Waals surface area contributed by atoms with Crippen LogP contribution in [0.2, 0.25) is 0 Å². The van der Waals surface area contributed by atoms with Crippen molar-refractivity contribution in [2.75, 3.05) is 6.61 Å². The van der Waals surface area contributed by atoms with Gasteiger partial charge in [0.1, 0.15) is 5.75 Å². The van der Waals surface area contributed by atoms with E-state index in [4.69, 9.17) is 4.74 Å². The van der Waals surface area contributed by atoms with Gasteiger partial charge in [0, 0.05) is 0 Å². The fourth-order valence-electron chi connectivity index (χ4n) is 0.889. The van der Waals surface area contributed by atoms with Gasteiger partial charge in [0.2, 0.25) is 6.29 Å².